The molecule has 0 atom stereocenters. The number of piperazine rings is 1. The van der Waals surface area contributed by atoms with Crippen molar-refractivity contribution >= 4 is 5.95 Å². The number of anilines is 1. The molecule has 0 bridgehead atoms. The zero-order chi connectivity index (χ0) is 16.4. The highest BCUT2D eigenvalue weighted by Gasteiger charge is 2.43. The second-order valence-corrected chi connectivity index (χ2v) is 6.98. The minimum Gasteiger partial charge on any atom is -0.338 e. The number of hydrogen-bond acceptors (Lipinski definition) is 5. The van der Waals surface area contributed by atoms with E-state index in [-0.39, 0.29) is 5.54 Å². The van der Waals surface area contributed by atoms with E-state index in [1.165, 1.54) is 18.4 Å². The van der Waals surface area contributed by atoms with Crippen molar-refractivity contribution in [3.8, 4) is 0 Å². The van der Waals surface area contributed by atoms with Crippen molar-refractivity contribution < 1.29 is 0 Å². The van der Waals surface area contributed by atoms with Crippen molar-refractivity contribution in [3.05, 3.63) is 53.9 Å². The van der Waals surface area contributed by atoms with Gasteiger partial charge in [0.25, 0.3) is 0 Å². The summed E-state index contributed by atoms with van der Waals surface area (Å²) in [4.78, 5) is 13.8. The monoisotopic (exact) mass is 323 g/mol. The van der Waals surface area contributed by atoms with E-state index in [2.05, 4.69) is 62.5 Å². The van der Waals surface area contributed by atoms with Crippen molar-refractivity contribution in [3.63, 3.8) is 0 Å². The first-order valence-electron chi connectivity index (χ1n) is 8.80. The highest BCUT2D eigenvalue weighted by atomic mass is 15.3. The van der Waals surface area contributed by atoms with Gasteiger partial charge < -0.3 is 15.1 Å². The molecule has 2 heterocycles. The van der Waals surface area contributed by atoms with Gasteiger partial charge in [0.15, 0.2) is 0 Å². The van der Waals surface area contributed by atoms with Gasteiger partial charge in [-0.3, -0.25) is 0 Å². The van der Waals surface area contributed by atoms with Gasteiger partial charge >= 0.3 is 0 Å². The van der Waals surface area contributed by atoms with Crippen LogP contribution in [0.1, 0.15) is 24.0 Å². The van der Waals surface area contributed by atoms with E-state index < -0.39 is 0 Å². The van der Waals surface area contributed by atoms with E-state index in [9.17, 15) is 0 Å². The van der Waals surface area contributed by atoms with Gasteiger partial charge in [-0.2, -0.15) is 0 Å². The normalized spacial score (nSPS) is 20.1. The predicted molar refractivity (Wildman–Crippen MR) is 95.9 cm³/mol. The maximum atomic E-state index is 4.58. The highest BCUT2D eigenvalue weighted by Crippen LogP contribution is 2.45. The van der Waals surface area contributed by atoms with E-state index in [0.29, 0.717) is 0 Å². The molecule has 1 N–H and O–H groups in total. The van der Waals surface area contributed by atoms with Gasteiger partial charge in [0.1, 0.15) is 0 Å². The van der Waals surface area contributed by atoms with Crippen LogP contribution >= 0.6 is 0 Å². The largest absolute Gasteiger partial charge is 0.338 e. The van der Waals surface area contributed by atoms with Crippen LogP contribution in [0.15, 0.2) is 42.7 Å². The van der Waals surface area contributed by atoms with E-state index in [1.807, 2.05) is 12.4 Å². The van der Waals surface area contributed by atoms with Crippen LogP contribution in [-0.2, 0) is 12.1 Å². The first kappa shape index (κ1) is 15.5. The molecule has 1 aromatic heterocycles. The molecule has 5 nitrogen and oxygen atoms in total. The van der Waals surface area contributed by atoms with E-state index in [0.717, 1.165) is 44.2 Å². The Labute approximate surface area is 143 Å². The predicted octanol–water partition coefficient (Wildman–Crippen LogP) is 2.01. The first-order valence-corrected chi connectivity index (χ1v) is 8.80. The van der Waals surface area contributed by atoms with Gasteiger partial charge in [0.05, 0.1) is 0 Å². The molecule has 1 saturated heterocycles. The summed E-state index contributed by atoms with van der Waals surface area (Å²) >= 11 is 0. The summed E-state index contributed by atoms with van der Waals surface area (Å²) in [6.07, 6.45) is 6.35. The molecule has 2 aromatic rings. The van der Waals surface area contributed by atoms with E-state index in [1.54, 1.807) is 0 Å². The molecule has 1 aromatic carbocycles. The van der Waals surface area contributed by atoms with Crippen LogP contribution in [-0.4, -0.2) is 48.1 Å². The van der Waals surface area contributed by atoms with Gasteiger partial charge in [-0.1, -0.05) is 30.3 Å². The zero-order valence-corrected chi connectivity index (χ0v) is 14.3. The Hall–Kier alpha value is -1.98. The highest BCUT2D eigenvalue weighted by molar-refractivity contribution is 5.32. The first-order chi connectivity index (χ1) is 11.8. The number of hydrogen-bond donors (Lipinski definition) is 1. The Bertz CT molecular complexity index is 658. The average molecular weight is 323 g/mol. The summed E-state index contributed by atoms with van der Waals surface area (Å²) in [5, 5.41) is 3.71. The molecule has 1 aliphatic heterocycles. The van der Waals surface area contributed by atoms with Crippen molar-refractivity contribution in [2.45, 2.75) is 24.9 Å². The molecule has 24 heavy (non-hydrogen) atoms. The Kier molecular flexibility index (Phi) is 4.21. The molecule has 2 aliphatic rings. The number of nitrogens with zero attached hydrogens (tertiary/aromatic N) is 4. The molecule has 1 saturated carbocycles. The Balaban J connectivity index is 1.36. The summed E-state index contributed by atoms with van der Waals surface area (Å²) in [5.74, 6) is 0.857. The second kappa shape index (κ2) is 6.49. The summed E-state index contributed by atoms with van der Waals surface area (Å²) in [6, 6.07) is 10.7. The molecule has 0 amide bonds. The van der Waals surface area contributed by atoms with Gasteiger partial charge in [-0.15, -0.1) is 0 Å². The minimum absolute atomic E-state index is 0.164. The lowest BCUT2D eigenvalue weighted by molar-refractivity contribution is 0.311. The zero-order valence-electron chi connectivity index (χ0n) is 14.3. The standard InChI is InChI=1S/C19H25N5/c1-23-9-11-24(12-10-23)18-20-13-16(14-21-18)15-22-19(7-8-19)17-5-3-2-4-6-17/h2-6,13-14,22H,7-12,15H2,1H3. The lowest BCUT2D eigenvalue weighted by Gasteiger charge is -2.32. The Morgan fingerprint density at radius 2 is 1.67 bits per heavy atom. The molecule has 0 unspecified atom stereocenters. The van der Waals surface area contributed by atoms with Crippen molar-refractivity contribution in [1.29, 1.82) is 0 Å². The van der Waals surface area contributed by atoms with Gasteiger partial charge in [0, 0.05) is 56.2 Å². The van der Waals surface area contributed by atoms with Gasteiger partial charge in [0.2, 0.25) is 5.95 Å². The fourth-order valence-corrected chi connectivity index (χ4v) is 3.33. The summed E-state index contributed by atoms with van der Waals surface area (Å²) < 4.78 is 0. The van der Waals surface area contributed by atoms with Crippen LogP contribution in [0.25, 0.3) is 0 Å². The Morgan fingerprint density at radius 1 is 1.00 bits per heavy atom. The maximum Gasteiger partial charge on any atom is 0.225 e. The third-order valence-corrected chi connectivity index (χ3v) is 5.19. The molecule has 5 heteroatoms. The van der Waals surface area contributed by atoms with E-state index in [4.69, 9.17) is 0 Å². The topological polar surface area (TPSA) is 44.3 Å². The molecule has 1 aliphatic carbocycles. The Morgan fingerprint density at radius 3 is 2.29 bits per heavy atom. The van der Waals surface area contributed by atoms with Crippen LogP contribution < -0.4 is 10.2 Å². The number of likely N-dealkylation sites (N-methyl/N-ethyl adjacent to an activating group) is 1. The molecule has 2 fully saturated rings. The maximum absolute atomic E-state index is 4.58. The number of aromatic nitrogens is 2. The smallest absolute Gasteiger partial charge is 0.225 e. The van der Waals surface area contributed by atoms with Crippen LogP contribution in [0.5, 0.6) is 0 Å². The van der Waals surface area contributed by atoms with Gasteiger partial charge in [-0.25, -0.2) is 9.97 Å². The summed E-state index contributed by atoms with van der Waals surface area (Å²) in [6.45, 7) is 4.98. The van der Waals surface area contributed by atoms with E-state index >= 15 is 0 Å². The van der Waals surface area contributed by atoms with Crippen molar-refractivity contribution in [2.24, 2.45) is 0 Å². The SMILES string of the molecule is CN1CCN(c2ncc(CNC3(c4ccccc4)CC3)cn2)CC1. The van der Waals surface area contributed by atoms with Crippen LogP contribution in [0.3, 0.4) is 0 Å². The van der Waals surface area contributed by atoms with Crippen LogP contribution in [0.4, 0.5) is 5.95 Å². The fraction of sp³-hybridized carbons (Fsp3) is 0.474. The third-order valence-electron chi connectivity index (χ3n) is 5.19. The van der Waals surface area contributed by atoms with Crippen molar-refractivity contribution in [2.75, 3.05) is 38.1 Å². The van der Waals surface area contributed by atoms with Crippen molar-refractivity contribution in [1.82, 2.24) is 20.2 Å². The molecule has 4 rings (SSSR count). The lowest BCUT2D eigenvalue weighted by atomic mass is 10.0. The third kappa shape index (κ3) is 3.28. The van der Waals surface area contributed by atoms with Crippen LogP contribution in [0.2, 0.25) is 0 Å². The molecule has 126 valence electrons. The molecular weight excluding hydrogens is 298 g/mol. The molecule has 0 radical (unpaired) electrons. The number of benzene rings is 1. The quantitative estimate of drug-likeness (QED) is 0.912. The van der Waals surface area contributed by atoms with Crippen LogP contribution in [0, 0.1) is 0 Å². The summed E-state index contributed by atoms with van der Waals surface area (Å²) in [7, 11) is 2.16. The number of nitrogens with one attached hydrogen (secondary N) is 1. The summed E-state index contributed by atoms with van der Waals surface area (Å²) in [5.41, 5.74) is 2.70. The fourth-order valence-electron chi connectivity index (χ4n) is 3.33. The van der Waals surface area contributed by atoms with Gasteiger partial charge in [-0.05, 0) is 25.5 Å². The average Bonchev–Trinajstić information content (AvgIpc) is 3.43. The second-order valence-electron chi connectivity index (χ2n) is 6.98. The lowest BCUT2D eigenvalue weighted by Crippen LogP contribution is -2.45. The minimum atomic E-state index is 0.164. The number of rotatable bonds is 5. The molecular formula is C19H25N5. The molecule has 0 spiro atoms.